The third-order valence-electron chi connectivity index (χ3n) is 15.5. The third-order valence-corrected chi connectivity index (χ3v) is 15.5. The van der Waals surface area contributed by atoms with Gasteiger partial charge in [0.2, 0.25) is 23.6 Å². The summed E-state index contributed by atoms with van der Waals surface area (Å²) in [5.41, 5.74) is -7.15. The van der Waals surface area contributed by atoms with Crippen LogP contribution in [-0.2, 0) is 131 Å². The molecule has 0 aromatic heterocycles. The molecule has 3 rings (SSSR count). The average molecular weight is 1470 g/mol. The Bertz CT molecular complexity index is 2940. The molecule has 0 bridgehead atoms. The first-order chi connectivity index (χ1) is 49.7. The van der Waals surface area contributed by atoms with Crippen LogP contribution in [0, 0.1) is 0 Å². The third kappa shape index (κ3) is 32.0. The predicted octanol–water partition coefficient (Wildman–Crippen LogP) is 5.22. The van der Waals surface area contributed by atoms with Crippen molar-refractivity contribution in [3.63, 3.8) is 0 Å². The first-order valence-corrected chi connectivity index (χ1v) is 34.9. The maximum Gasteiger partial charge on any atom is 0.408 e. The van der Waals surface area contributed by atoms with Crippen molar-refractivity contribution < 1.29 is 129 Å². The summed E-state index contributed by atoms with van der Waals surface area (Å²) >= 11 is 0. The topological polar surface area (TPSA) is 419 Å². The van der Waals surface area contributed by atoms with Gasteiger partial charge in [-0.3, -0.25) is 62.3 Å². The summed E-state index contributed by atoms with van der Waals surface area (Å²) in [6.45, 7) is 10.6. The molecule has 5 N–H and O–H groups in total. The Labute approximate surface area is 604 Å². The molecular formula is C72H103N5O27. The smallest absolute Gasteiger partial charge is 0.408 e. The molecule has 0 aliphatic rings. The minimum atomic E-state index is -1.99. The number of carbonyl (C=O) groups excluding carboxylic acids is 14. The molecule has 0 heterocycles. The highest BCUT2D eigenvalue weighted by atomic mass is 16.6. The molecule has 32 heteroatoms. The zero-order chi connectivity index (χ0) is 77.1. The fourth-order valence-corrected chi connectivity index (χ4v) is 11.2. The van der Waals surface area contributed by atoms with Crippen LogP contribution in [-0.4, -0.2) is 211 Å². The molecule has 5 amide bonds. The molecule has 0 saturated heterocycles. The first kappa shape index (κ1) is 88.7. The van der Waals surface area contributed by atoms with Crippen molar-refractivity contribution in [1.82, 2.24) is 26.6 Å². The molecule has 1 unspecified atom stereocenters. The van der Waals surface area contributed by atoms with Crippen molar-refractivity contribution >= 4 is 105 Å². The van der Waals surface area contributed by atoms with Gasteiger partial charge in [-0.1, -0.05) is 55.5 Å². The molecule has 104 heavy (non-hydrogen) atoms. The Morgan fingerprint density at radius 3 is 0.846 bits per heavy atom. The molecular weight excluding hydrogens is 1370 g/mol. The van der Waals surface area contributed by atoms with E-state index in [9.17, 15) is 67.1 Å². The van der Waals surface area contributed by atoms with E-state index < -0.39 is 228 Å². The van der Waals surface area contributed by atoms with Crippen LogP contribution in [0.15, 0.2) is 54.6 Å². The number of hydrogen-bond acceptors (Lipinski definition) is 27. The summed E-state index contributed by atoms with van der Waals surface area (Å²) < 4.78 is 70.8. The molecule has 578 valence electrons. The predicted molar refractivity (Wildman–Crippen MR) is 370 cm³/mol. The summed E-state index contributed by atoms with van der Waals surface area (Å²) in [7, 11) is 0. The summed E-state index contributed by atoms with van der Waals surface area (Å²) in [4.78, 5) is 189. The SMILES string of the molecule is CCOC(=O)CC(CC(=O)OCC)(CC(=O)OCC)NC(=O)CCOCC(COCCC(=O)NC(CC(=O)OCC)(CC(=O)OCC)CC(=O)OCC)(COCCC(=O)NC(CC(=O)OCC)(CC(=O)OCC)CC(=O)OCC)NC(=O)C(CC)NC(=O)OCc1c2ccccc2cc2ccccc12. The van der Waals surface area contributed by atoms with Gasteiger partial charge in [-0.2, -0.15) is 0 Å². The Hall–Kier alpha value is -9.56. The molecule has 3 aromatic carbocycles. The van der Waals surface area contributed by atoms with Crippen LogP contribution in [0.1, 0.15) is 158 Å². The van der Waals surface area contributed by atoms with Crippen molar-refractivity contribution in [1.29, 1.82) is 0 Å². The van der Waals surface area contributed by atoms with E-state index in [2.05, 4.69) is 26.6 Å². The van der Waals surface area contributed by atoms with Gasteiger partial charge in [-0.25, -0.2) is 4.79 Å². The van der Waals surface area contributed by atoms with Crippen molar-refractivity contribution in [3.8, 4) is 0 Å². The van der Waals surface area contributed by atoms with Gasteiger partial charge >= 0.3 is 59.8 Å². The Morgan fingerprint density at radius 1 is 0.337 bits per heavy atom. The zero-order valence-corrected chi connectivity index (χ0v) is 61.3. The second-order valence-electron chi connectivity index (χ2n) is 24.0. The van der Waals surface area contributed by atoms with Crippen LogP contribution in [0.5, 0.6) is 0 Å². The fraction of sp³-hybridized carbons (Fsp3) is 0.611. The maximum absolute atomic E-state index is 15.0. The van der Waals surface area contributed by atoms with Crippen molar-refractivity contribution in [2.45, 2.75) is 188 Å². The van der Waals surface area contributed by atoms with E-state index in [0.29, 0.717) is 5.56 Å². The van der Waals surface area contributed by atoms with Gasteiger partial charge < -0.3 is 88.2 Å². The van der Waals surface area contributed by atoms with Crippen molar-refractivity contribution in [2.24, 2.45) is 0 Å². The summed E-state index contributed by atoms with van der Waals surface area (Å²) in [5.74, 6) is -11.5. The van der Waals surface area contributed by atoms with Gasteiger partial charge in [-0.15, -0.1) is 0 Å². The molecule has 0 aliphatic carbocycles. The molecule has 0 aliphatic heterocycles. The van der Waals surface area contributed by atoms with E-state index in [1.165, 1.54) is 62.3 Å². The summed E-state index contributed by atoms with van der Waals surface area (Å²) in [6, 6.07) is 15.6. The van der Waals surface area contributed by atoms with Gasteiger partial charge in [0.15, 0.2) is 0 Å². The summed E-state index contributed by atoms with van der Waals surface area (Å²) in [6.07, 6.45) is -8.97. The van der Waals surface area contributed by atoms with Crippen LogP contribution in [0.4, 0.5) is 4.79 Å². The number of hydrogen-bond donors (Lipinski definition) is 5. The van der Waals surface area contributed by atoms with E-state index in [1.54, 1.807) is 6.92 Å². The van der Waals surface area contributed by atoms with Gasteiger partial charge in [-0.05, 0) is 96.3 Å². The minimum absolute atomic E-state index is 0.0846. The maximum atomic E-state index is 15.0. The number of carbonyl (C=O) groups is 14. The average Bonchev–Trinajstić information content (AvgIpc) is 0.779. The van der Waals surface area contributed by atoms with E-state index in [0.717, 1.165) is 21.5 Å². The summed E-state index contributed by atoms with van der Waals surface area (Å²) in [5, 5.41) is 16.7. The molecule has 0 fully saturated rings. The molecule has 32 nitrogen and oxygen atoms in total. The van der Waals surface area contributed by atoms with Crippen molar-refractivity contribution in [2.75, 3.05) is 99.1 Å². The highest BCUT2D eigenvalue weighted by Crippen LogP contribution is 2.31. The normalized spacial score (nSPS) is 11.8. The number of fused-ring (bicyclic) bond motifs is 2. The minimum Gasteiger partial charge on any atom is -0.466 e. The lowest BCUT2D eigenvalue weighted by Gasteiger charge is -2.36. The standard InChI is InChI=1S/C72H103N5O27/c1-11-54(73-68(91)104-45-53-51-27-23-21-25-49(51)35-50-26-22-24-28-52(50)53)67(90)77-72(46-92-32-29-55(78)74-69(36-58(81)95-12-2,37-59(82)96-13-3)38-60(83)97-14-4,47-93-33-30-56(79)75-70(39-61(84)98-15-5,40-62(85)99-16-6)41-63(86)100-17-7)48-94-34-31-57(80)76-71(42-64(87)101-18-8,43-65(88)102-19-9)44-66(89)103-20-10/h21-28,35,54H,11-20,29-34,36-48H2,1-10H3,(H,73,91)(H,74,78)(H,75,79)(H,76,80)(H,77,90). The highest BCUT2D eigenvalue weighted by Gasteiger charge is 2.45. The number of ether oxygens (including phenoxy) is 13. The fourth-order valence-electron chi connectivity index (χ4n) is 11.2. The number of amides is 5. The number of esters is 9. The second kappa shape index (κ2) is 46.9. The number of benzene rings is 3. The number of nitrogens with one attached hydrogen (secondary N) is 5. The lowest BCUT2D eigenvalue weighted by atomic mass is 9.87. The van der Waals surface area contributed by atoms with E-state index in [-0.39, 0.29) is 72.5 Å². The molecule has 0 spiro atoms. The van der Waals surface area contributed by atoms with Crippen LogP contribution < -0.4 is 26.6 Å². The van der Waals surface area contributed by atoms with Crippen LogP contribution in [0.3, 0.4) is 0 Å². The Kier molecular flexibility index (Phi) is 40.0. The molecule has 0 saturated carbocycles. The van der Waals surface area contributed by atoms with Gasteiger partial charge in [0.1, 0.15) is 18.2 Å². The van der Waals surface area contributed by atoms with Crippen LogP contribution in [0.25, 0.3) is 21.5 Å². The van der Waals surface area contributed by atoms with E-state index in [1.807, 2.05) is 54.6 Å². The quantitative estimate of drug-likeness (QED) is 0.0209. The van der Waals surface area contributed by atoms with Crippen LogP contribution in [0.2, 0.25) is 0 Å². The zero-order valence-electron chi connectivity index (χ0n) is 61.3. The molecule has 0 radical (unpaired) electrons. The van der Waals surface area contributed by atoms with Crippen LogP contribution >= 0.6 is 0 Å². The van der Waals surface area contributed by atoms with Gasteiger partial charge in [0.05, 0.1) is 174 Å². The Balaban J connectivity index is 2.21. The lowest BCUT2D eigenvalue weighted by molar-refractivity contribution is -0.155. The van der Waals surface area contributed by atoms with Crippen molar-refractivity contribution in [3.05, 3.63) is 60.2 Å². The second-order valence-corrected chi connectivity index (χ2v) is 24.0. The number of rotatable bonds is 51. The molecule has 3 aromatic rings. The van der Waals surface area contributed by atoms with Gasteiger partial charge in [0, 0.05) is 24.8 Å². The number of alkyl carbamates (subject to hydrolysis) is 1. The van der Waals surface area contributed by atoms with Gasteiger partial charge in [0.25, 0.3) is 0 Å². The highest BCUT2D eigenvalue weighted by molar-refractivity contribution is 6.02. The largest absolute Gasteiger partial charge is 0.466 e. The lowest BCUT2D eigenvalue weighted by Crippen LogP contribution is -2.62. The van der Waals surface area contributed by atoms with E-state index >= 15 is 0 Å². The monoisotopic (exact) mass is 1470 g/mol. The van der Waals surface area contributed by atoms with E-state index in [4.69, 9.17) is 61.6 Å². The Morgan fingerprint density at radius 2 is 0.596 bits per heavy atom. The first-order valence-electron chi connectivity index (χ1n) is 34.9. The molecule has 1 atom stereocenters.